The lowest BCUT2D eigenvalue weighted by Crippen LogP contribution is -2.09. The number of ether oxygens (including phenoxy) is 3. The van der Waals surface area contributed by atoms with Crippen LogP contribution >= 0.6 is 57.1 Å². The van der Waals surface area contributed by atoms with Crippen molar-refractivity contribution in [3.05, 3.63) is 71.1 Å². The Morgan fingerprint density at radius 2 is 1.89 bits per heavy atom. The number of fused-ring (bicyclic) bond motifs is 1. The van der Waals surface area contributed by atoms with Gasteiger partial charge in [0, 0.05) is 11.1 Å². The van der Waals surface area contributed by atoms with Crippen LogP contribution in [0, 0.1) is 3.57 Å². The number of rotatable bonds is 9. The highest BCUT2D eigenvalue weighted by Gasteiger charge is 2.26. The molecule has 4 rings (SSSR count). The van der Waals surface area contributed by atoms with Gasteiger partial charge in [0.05, 0.1) is 32.4 Å². The van der Waals surface area contributed by atoms with Gasteiger partial charge >= 0.3 is 5.97 Å². The molecule has 5 nitrogen and oxygen atoms in total. The third kappa shape index (κ3) is 6.36. The molecule has 0 unspecified atom stereocenters. The SMILES string of the molecule is CCOC(=O)c1c(N=Cc2cc(I)c(OCc3ccc(Cl)c(Cl)c3)c(OCC)c2)sc2c1CCCC2. The van der Waals surface area contributed by atoms with Gasteiger partial charge in [-0.3, -0.25) is 0 Å². The van der Waals surface area contributed by atoms with E-state index in [0.717, 1.165) is 45.9 Å². The van der Waals surface area contributed by atoms with Gasteiger partial charge in [0.1, 0.15) is 11.6 Å². The Balaban J connectivity index is 1.61. The molecule has 1 aromatic heterocycles. The van der Waals surface area contributed by atoms with Crippen LogP contribution in [0.15, 0.2) is 35.3 Å². The topological polar surface area (TPSA) is 57.1 Å². The van der Waals surface area contributed by atoms with Crippen LogP contribution in [0.4, 0.5) is 5.00 Å². The molecule has 0 N–H and O–H groups in total. The fraction of sp³-hybridized carbons (Fsp3) is 0.333. The second kappa shape index (κ2) is 12.6. The van der Waals surface area contributed by atoms with Crippen molar-refractivity contribution in [2.24, 2.45) is 4.99 Å². The van der Waals surface area contributed by atoms with Crippen LogP contribution in [-0.4, -0.2) is 25.4 Å². The third-order valence-corrected chi connectivity index (χ3v) is 8.40. The molecular weight excluding hydrogens is 632 g/mol. The third-order valence-electron chi connectivity index (χ3n) is 5.66. The molecule has 36 heavy (non-hydrogen) atoms. The van der Waals surface area contributed by atoms with Crippen molar-refractivity contribution in [1.82, 2.24) is 0 Å². The maximum Gasteiger partial charge on any atom is 0.341 e. The van der Waals surface area contributed by atoms with E-state index < -0.39 is 0 Å². The lowest BCUT2D eigenvalue weighted by molar-refractivity contribution is 0.0526. The van der Waals surface area contributed by atoms with E-state index in [1.165, 1.54) is 4.88 Å². The number of thiophene rings is 1. The van der Waals surface area contributed by atoms with Gasteiger partial charge in [-0.2, -0.15) is 0 Å². The van der Waals surface area contributed by atoms with Crippen LogP contribution in [0.25, 0.3) is 0 Å². The normalized spacial score (nSPS) is 13.0. The molecule has 3 aromatic rings. The van der Waals surface area contributed by atoms with Gasteiger partial charge in [-0.1, -0.05) is 29.3 Å². The second-order valence-electron chi connectivity index (χ2n) is 8.17. The van der Waals surface area contributed by atoms with Crippen LogP contribution in [0.5, 0.6) is 11.5 Å². The average Bonchev–Trinajstić information content (AvgIpc) is 3.23. The molecule has 1 heterocycles. The molecule has 0 saturated carbocycles. The molecule has 0 spiro atoms. The summed E-state index contributed by atoms with van der Waals surface area (Å²) in [6.07, 6.45) is 5.87. The first-order chi connectivity index (χ1) is 17.4. The Hall–Kier alpha value is -1.81. The highest BCUT2D eigenvalue weighted by atomic mass is 127. The highest BCUT2D eigenvalue weighted by molar-refractivity contribution is 14.1. The van der Waals surface area contributed by atoms with E-state index in [1.54, 1.807) is 29.7 Å². The van der Waals surface area contributed by atoms with Crippen molar-refractivity contribution in [3.63, 3.8) is 0 Å². The van der Waals surface area contributed by atoms with Crippen LogP contribution in [0.2, 0.25) is 10.0 Å². The number of benzene rings is 2. The van der Waals surface area contributed by atoms with Crippen LogP contribution < -0.4 is 9.47 Å². The smallest absolute Gasteiger partial charge is 0.341 e. The minimum atomic E-state index is -0.292. The Kier molecular flexibility index (Phi) is 9.55. The largest absolute Gasteiger partial charge is 0.490 e. The summed E-state index contributed by atoms with van der Waals surface area (Å²) in [5.41, 5.74) is 3.48. The quantitative estimate of drug-likeness (QED) is 0.132. The van der Waals surface area contributed by atoms with Crippen molar-refractivity contribution in [2.45, 2.75) is 46.1 Å². The fourth-order valence-corrected chi connectivity index (χ4v) is 6.36. The van der Waals surface area contributed by atoms with E-state index in [4.69, 9.17) is 42.4 Å². The predicted molar refractivity (Wildman–Crippen MR) is 155 cm³/mol. The van der Waals surface area contributed by atoms with Crippen molar-refractivity contribution in [1.29, 1.82) is 0 Å². The van der Waals surface area contributed by atoms with Gasteiger partial charge in [0.25, 0.3) is 0 Å². The minimum absolute atomic E-state index is 0.292. The van der Waals surface area contributed by atoms with E-state index in [-0.39, 0.29) is 5.97 Å². The van der Waals surface area contributed by atoms with E-state index in [2.05, 4.69) is 22.6 Å². The number of aliphatic imine (C=N–C) groups is 1. The van der Waals surface area contributed by atoms with Crippen LogP contribution in [0.3, 0.4) is 0 Å². The maximum absolute atomic E-state index is 12.7. The Bertz CT molecular complexity index is 1290. The summed E-state index contributed by atoms with van der Waals surface area (Å²) in [5.74, 6) is 0.987. The molecule has 0 amide bonds. The Labute approximate surface area is 238 Å². The van der Waals surface area contributed by atoms with Crippen molar-refractivity contribution < 1.29 is 19.0 Å². The standard InChI is InChI=1S/C27H26Cl2INO4S/c1-3-33-22-13-17(12-21(30)25(22)35-15-16-9-10-19(28)20(29)11-16)14-31-26-24(27(32)34-4-2)18-7-5-6-8-23(18)36-26/h9-14H,3-8,15H2,1-2H3. The Morgan fingerprint density at radius 1 is 1.08 bits per heavy atom. The van der Waals surface area contributed by atoms with Gasteiger partial charge in [-0.25, -0.2) is 9.79 Å². The van der Waals surface area contributed by atoms with Gasteiger partial charge in [0.2, 0.25) is 0 Å². The monoisotopic (exact) mass is 657 g/mol. The first-order valence-electron chi connectivity index (χ1n) is 11.8. The zero-order chi connectivity index (χ0) is 25.7. The van der Waals surface area contributed by atoms with Gasteiger partial charge in [0.15, 0.2) is 11.5 Å². The molecule has 1 aliphatic carbocycles. The molecule has 190 valence electrons. The number of aryl methyl sites for hydroxylation is 1. The summed E-state index contributed by atoms with van der Waals surface area (Å²) in [6, 6.07) is 9.30. The number of hydrogen-bond donors (Lipinski definition) is 0. The number of carbonyl (C=O) groups is 1. The van der Waals surface area contributed by atoms with Crippen molar-refractivity contribution in [2.75, 3.05) is 13.2 Å². The summed E-state index contributed by atoms with van der Waals surface area (Å²) >= 11 is 16.0. The van der Waals surface area contributed by atoms with E-state index in [0.29, 0.717) is 51.9 Å². The summed E-state index contributed by atoms with van der Waals surface area (Å²) in [4.78, 5) is 18.7. The molecule has 0 fully saturated rings. The molecule has 1 aliphatic rings. The molecule has 0 atom stereocenters. The summed E-state index contributed by atoms with van der Waals surface area (Å²) in [6.45, 7) is 4.90. The molecule has 0 radical (unpaired) electrons. The van der Waals surface area contributed by atoms with E-state index >= 15 is 0 Å². The number of carbonyl (C=O) groups excluding carboxylic acids is 1. The number of esters is 1. The van der Waals surface area contributed by atoms with Crippen LogP contribution in [0.1, 0.15) is 58.6 Å². The summed E-state index contributed by atoms with van der Waals surface area (Å²) in [5, 5.41) is 1.70. The second-order valence-corrected chi connectivity index (χ2v) is 11.2. The molecule has 2 aromatic carbocycles. The van der Waals surface area contributed by atoms with Crippen molar-refractivity contribution in [3.8, 4) is 11.5 Å². The van der Waals surface area contributed by atoms with Gasteiger partial charge in [-0.15, -0.1) is 11.3 Å². The zero-order valence-corrected chi connectivity index (χ0v) is 24.5. The molecule has 9 heteroatoms. The molecular formula is C27H26Cl2INO4S. The van der Waals surface area contributed by atoms with E-state index in [9.17, 15) is 4.79 Å². The summed E-state index contributed by atoms with van der Waals surface area (Å²) < 4.78 is 18.2. The predicted octanol–water partition coefficient (Wildman–Crippen LogP) is 8.44. The van der Waals surface area contributed by atoms with Crippen molar-refractivity contribution >= 4 is 74.3 Å². The first kappa shape index (κ1) is 27.2. The fourth-order valence-electron chi connectivity index (χ4n) is 4.04. The van der Waals surface area contributed by atoms with E-state index in [1.807, 2.05) is 32.0 Å². The summed E-state index contributed by atoms with van der Waals surface area (Å²) in [7, 11) is 0. The van der Waals surface area contributed by atoms with Gasteiger partial charge < -0.3 is 14.2 Å². The lowest BCUT2D eigenvalue weighted by atomic mass is 9.95. The van der Waals surface area contributed by atoms with Crippen LogP contribution in [-0.2, 0) is 24.2 Å². The lowest BCUT2D eigenvalue weighted by Gasteiger charge is -2.15. The van der Waals surface area contributed by atoms with Gasteiger partial charge in [-0.05, 0) is 103 Å². The Morgan fingerprint density at radius 3 is 2.64 bits per heavy atom. The first-order valence-corrected chi connectivity index (χ1v) is 14.4. The number of hydrogen-bond acceptors (Lipinski definition) is 6. The maximum atomic E-state index is 12.7. The highest BCUT2D eigenvalue weighted by Crippen LogP contribution is 2.41. The minimum Gasteiger partial charge on any atom is -0.490 e. The zero-order valence-electron chi connectivity index (χ0n) is 20.0. The average molecular weight is 658 g/mol. The molecule has 0 bridgehead atoms. The number of nitrogens with zero attached hydrogens (tertiary/aromatic N) is 1. The molecule has 0 saturated heterocycles. The molecule has 0 aliphatic heterocycles. The number of halogens is 3.